The van der Waals surface area contributed by atoms with Gasteiger partial charge in [0.05, 0.1) is 18.6 Å². The summed E-state index contributed by atoms with van der Waals surface area (Å²) in [6, 6.07) is 0. The predicted molar refractivity (Wildman–Crippen MR) is 103 cm³/mol. The van der Waals surface area contributed by atoms with Crippen LogP contribution in [0.3, 0.4) is 0 Å². The van der Waals surface area contributed by atoms with Crippen LogP contribution in [-0.4, -0.2) is 34.4 Å². The third-order valence-electron chi connectivity index (χ3n) is 10.2. The molecule has 0 aromatic carbocycles. The van der Waals surface area contributed by atoms with Crippen LogP contribution in [0.15, 0.2) is 0 Å². The van der Waals surface area contributed by atoms with E-state index in [-0.39, 0.29) is 17.3 Å². The largest absolute Gasteiger partial charge is 0.481 e. The van der Waals surface area contributed by atoms with Crippen LogP contribution in [0.1, 0.15) is 77.6 Å². The van der Waals surface area contributed by atoms with Gasteiger partial charge in [0.2, 0.25) is 0 Å². The lowest BCUT2D eigenvalue weighted by molar-refractivity contribution is -0.262. The van der Waals surface area contributed by atoms with Gasteiger partial charge in [-0.25, -0.2) is 0 Å². The van der Waals surface area contributed by atoms with E-state index in [2.05, 4.69) is 6.92 Å². The molecule has 2 N–H and O–H groups in total. The molecule has 8 atom stereocenters. The molecule has 6 fully saturated rings. The zero-order chi connectivity index (χ0) is 19.7. The number of carbonyl (C=O) groups is 2. The first kappa shape index (κ1) is 18.9. The Morgan fingerprint density at radius 1 is 0.964 bits per heavy atom. The molecule has 2 unspecified atom stereocenters. The van der Waals surface area contributed by atoms with Gasteiger partial charge in [-0.1, -0.05) is 6.92 Å². The van der Waals surface area contributed by atoms with E-state index >= 15 is 0 Å². The Labute approximate surface area is 167 Å². The second kappa shape index (κ2) is 6.20. The van der Waals surface area contributed by atoms with Crippen molar-refractivity contribution >= 4 is 11.9 Å². The molecule has 1 spiro atoms. The van der Waals surface area contributed by atoms with Crippen molar-refractivity contribution in [3.05, 3.63) is 0 Å². The van der Waals surface area contributed by atoms with Gasteiger partial charge in [0.1, 0.15) is 0 Å². The van der Waals surface area contributed by atoms with Crippen molar-refractivity contribution in [2.45, 2.75) is 83.2 Å². The Kier molecular flexibility index (Phi) is 4.18. The first-order valence-corrected chi connectivity index (χ1v) is 11.4. The molecule has 6 aliphatic rings. The van der Waals surface area contributed by atoms with Crippen LogP contribution in [-0.2, 0) is 14.3 Å². The Bertz CT molecular complexity index is 678. The summed E-state index contributed by atoms with van der Waals surface area (Å²) in [7, 11) is 0. The molecular formula is C23H34O5. The number of aliphatic carboxylic acids is 2. The van der Waals surface area contributed by atoms with E-state index in [1.54, 1.807) is 0 Å². The second-order valence-corrected chi connectivity index (χ2v) is 11.0. The summed E-state index contributed by atoms with van der Waals surface area (Å²) in [4.78, 5) is 22.8. The topological polar surface area (TPSA) is 83.8 Å². The van der Waals surface area contributed by atoms with Gasteiger partial charge in [-0.05, 0) is 98.2 Å². The predicted octanol–water partition coefficient (Wildman–Crippen LogP) is 4.34. The summed E-state index contributed by atoms with van der Waals surface area (Å²) in [5.74, 6) is 1.66. The van der Waals surface area contributed by atoms with Crippen LogP contribution in [0.5, 0.6) is 0 Å². The van der Waals surface area contributed by atoms with E-state index in [4.69, 9.17) is 4.74 Å². The smallest absolute Gasteiger partial charge is 0.306 e. The van der Waals surface area contributed by atoms with Gasteiger partial charge >= 0.3 is 11.9 Å². The normalized spacial score (nSPS) is 51.8. The summed E-state index contributed by atoms with van der Waals surface area (Å²) in [6.45, 7) is 3.14. The number of hydrogen-bond acceptors (Lipinski definition) is 3. The quantitative estimate of drug-likeness (QED) is 0.746. The van der Waals surface area contributed by atoms with Crippen molar-refractivity contribution in [1.82, 2.24) is 0 Å². The molecule has 0 aromatic heterocycles. The third kappa shape index (κ3) is 2.54. The van der Waals surface area contributed by atoms with Crippen LogP contribution in [0.2, 0.25) is 0 Å². The number of carboxylic acid groups (broad SMARTS) is 2. The number of fused-ring (bicyclic) bond motifs is 5. The lowest BCUT2D eigenvalue weighted by Crippen LogP contribution is -2.64. The van der Waals surface area contributed by atoms with E-state index in [0.29, 0.717) is 36.0 Å². The molecule has 2 bridgehead atoms. The molecule has 2 aliphatic heterocycles. The van der Waals surface area contributed by atoms with Gasteiger partial charge in [-0.15, -0.1) is 0 Å². The van der Waals surface area contributed by atoms with Crippen LogP contribution in [0.25, 0.3) is 0 Å². The average Bonchev–Trinajstić information content (AvgIpc) is 2.96. The maximum atomic E-state index is 11.4. The summed E-state index contributed by atoms with van der Waals surface area (Å²) in [6.07, 6.45) is 10.6. The molecule has 6 rings (SSSR count). The molecule has 0 amide bonds. The van der Waals surface area contributed by atoms with Gasteiger partial charge < -0.3 is 14.9 Å². The standard InChI is InChI=1S/C23H34O5/c1-21-7-6-18-16(17(21)5-3-14(21)10-19(24)25)4-2-15-11-22(12-20(26)27)8-9-23(15,18)13-28-22/h14-18H,2-13H2,1H3,(H,24,25)(H,26,27)/t14?,15?,16-,17-,18-,21+,22-,23+/m0/s1. The minimum Gasteiger partial charge on any atom is -0.481 e. The first-order chi connectivity index (χ1) is 13.3. The molecular weight excluding hydrogens is 356 g/mol. The molecule has 2 heterocycles. The fraction of sp³-hybridized carbons (Fsp3) is 0.913. The highest BCUT2D eigenvalue weighted by atomic mass is 16.5. The van der Waals surface area contributed by atoms with Crippen molar-refractivity contribution in [3.63, 3.8) is 0 Å². The first-order valence-electron chi connectivity index (χ1n) is 11.4. The van der Waals surface area contributed by atoms with Crippen molar-refractivity contribution in [3.8, 4) is 0 Å². The SMILES string of the molecule is C[C@]12CC[C@H]3[C@@H](CCC4C[C@]5(CC(=O)O)CC[C@@]43CO5)[C@@H]1CCC2CC(=O)O. The molecule has 4 saturated carbocycles. The number of ether oxygens (including phenoxy) is 1. The number of hydrogen-bond donors (Lipinski definition) is 2. The molecule has 28 heavy (non-hydrogen) atoms. The number of carboxylic acids is 2. The van der Waals surface area contributed by atoms with Crippen molar-refractivity contribution in [2.24, 2.45) is 40.4 Å². The monoisotopic (exact) mass is 390 g/mol. The highest BCUT2D eigenvalue weighted by Crippen LogP contribution is 2.70. The molecule has 5 nitrogen and oxygen atoms in total. The van der Waals surface area contributed by atoms with E-state index in [0.717, 1.165) is 38.7 Å². The minimum absolute atomic E-state index is 0.158. The van der Waals surface area contributed by atoms with Crippen molar-refractivity contribution < 1.29 is 24.5 Å². The van der Waals surface area contributed by atoms with Gasteiger partial charge in [-0.3, -0.25) is 9.59 Å². The Balaban J connectivity index is 1.38. The van der Waals surface area contributed by atoms with Gasteiger partial charge in [0, 0.05) is 6.42 Å². The fourth-order valence-corrected chi connectivity index (χ4v) is 8.95. The Hall–Kier alpha value is -1.10. The zero-order valence-electron chi connectivity index (χ0n) is 17.0. The highest BCUT2D eigenvalue weighted by Gasteiger charge is 2.65. The fourth-order valence-electron chi connectivity index (χ4n) is 8.95. The van der Waals surface area contributed by atoms with Crippen LogP contribution in [0, 0.1) is 40.4 Å². The van der Waals surface area contributed by atoms with Crippen LogP contribution in [0.4, 0.5) is 0 Å². The maximum Gasteiger partial charge on any atom is 0.306 e. The molecule has 0 radical (unpaired) electrons. The summed E-state index contributed by atoms with van der Waals surface area (Å²) in [5.41, 5.74) is 0.0455. The zero-order valence-corrected chi connectivity index (χ0v) is 17.0. The third-order valence-corrected chi connectivity index (χ3v) is 10.2. The van der Waals surface area contributed by atoms with Crippen molar-refractivity contribution in [1.29, 1.82) is 0 Å². The molecule has 0 aromatic rings. The van der Waals surface area contributed by atoms with E-state index < -0.39 is 17.5 Å². The molecule has 2 saturated heterocycles. The summed E-state index contributed by atoms with van der Waals surface area (Å²) >= 11 is 0. The van der Waals surface area contributed by atoms with E-state index in [9.17, 15) is 19.8 Å². The number of rotatable bonds is 4. The van der Waals surface area contributed by atoms with Crippen LogP contribution >= 0.6 is 0 Å². The van der Waals surface area contributed by atoms with E-state index in [1.807, 2.05) is 0 Å². The molecule has 5 heteroatoms. The average molecular weight is 391 g/mol. The Morgan fingerprint density at radius 3 is 2.46 bits per heavy atom. The summed E-state index contributed by atoms with van der Waals surface area (Å²) < 4.78 is 6.34. The summed E-state index contributed by atoms with van der Waals surface area (Å²) in [5, 5.41) is 18.7. The van der Waals surface area contributed by atoms with Crippen molar-refractivity contribution in [2.75, 3.05) is 6.61 Å². The maximum absolute atomic E-state index is 11.4. The lowest BCUT2D eigenvalue weighted by Gasteiger charge is -2.66. The van der Waals surface area contributed by atoms with Crippen LogP contribution < -0.4 is 0 Å². The second-order valence-electron chi connectivity index (χ2n) is 11.0. The van der Waals surface area contributed by atoms with E-state index in [1.165, 1.54) is 25.7 Å². The lowest BCUT2D eigenvalue weighted by atomic mass is 9.42. The molecule has 156 valence electrons. The van der Waals surface area contributed by atoms with Gasteiger partial charge in [-0.2, -0.15) is 0 Å². The van der Waals surface area contributed by atoms with Gasteiger partial charge in [0.25, 0.3) is 0 Å². The Morgan fingerprint density at radius 2 is 1.79 bits per heavy atom. The highest BCUT2D eigenvalue weighted by molar-refractivity contribution is 5.68. The molecule has 4 aliphatic carbocycles. The minimum atomic E-state index is -0.730. The van der Waals surface area contributed by atoms with Gasteiger partial charge in [0.15, 0.2) is 0 Å².